The lowest BCUT2D eigenvalue weighted by Crippen LogP contribution is -2.20. The Bertz CT molecular complexity index is 1210. The minimum Gasteiger partial charge on any atom is -0.378 e. The van der Waals surface area contributed by atoms with E-state index in [2.05, 4.69) is 15.6 Å². The summed E-state index contributed by atoms with van der Waals surface area (Å²) in [4.78, 5) is 31.5. The van der Waals surface area contributed by atoms with Gasteiger partial charge >= 0.3 is 6.03 Å². The third kappa shape index (κ3) is 4.00. The van der Waals surface area contributed by atoms with Gasteiger partial charge in [-0.05, 0) is 60.7 Å². The number of hydrogen-bond donors (Lipinski definition) is 2. The first-order valence-electron chi connectivity index (χ1n) is 9.43. The SMILES string of the molecule is CN(C)c1ccc(NC(=O)Nc2cccc(C(=O)n3ccc4cccnc43)c2)cc1. The molecular formula is C23H21N5O2. The molecular weight excluding hydrogens is 378 g/mol. The zero-order valence-corrected chi connectivity index (χ0v) is 16.7. The topological polar surface area (TPSA) is 79.3 Å². The fraction of sp³-hybridized carbons (Fsp3) is 0.0870. The molecule has 2 heterocycles. The Labute approximate surface area is 174 Å². The number of amides is 2. The van der Waals surface area contributed by atoms with Gasteiger partial charge in [-0.25, -0.2) is 9.78 Å². The van der Waals surface area contributed by atoms with Crippen molar-refractivity contribution in [2.75, 3.05) is 29.6 Å². The number of fused-ring (bicyclic) bond motifs is 1. The van der Waals surface area contributed by atoms with Crippen LogP contribution in [-0.4, -0.2) is 35.6 Å². The van der Waals surface area contributed by atoms with Gasteiger partial charge in [-0.3, -0.25) is 9.36 Å². The van der Waals surface area contributed by atoms with Crippen molar-refractivity contribution >= 4 is 40.0 Å². The lowest BCUT2D eigenvalue weighted by molar-refractivity contribution is 0.0964. The highest BCUT2D eigenvalue weighted by atomic mass is 16.2. The first kappa shape index (κ1) is 19.2. The molecule has 0 aliphatic carbocycles. The van der Waals surface area contributed by atoms with E-state index in [-0.39, 0.29) is 11.9 Å². The van der Waals surface area contributed by atoms with E-state index in [4.69, 9.17) is 0 Å². The summed E-state index contributed by atoms with van der Waals surface area (Å²) in [5.41, 5.74) is 3.29. The number of rotatable bonds is 4. The summed E-state index contributed by atoms with van der Waals surface area (Å²) < 4.78 is 1.50. The lowest BCUT2D eigenvalue weighted by atomic mass is 10.2. The second-order valence-electron chi connectivity index (χ2n) is 7.01. The number of hydrogen-bond acceptors (Lipinski definition) is 4. The van der Waals surface area contributed by atoms with E-state index in [0.717, 1.165) is 11.1 Å². The Kier molecular flexibility index (Phi) is 5.17. The van der Waals surface area contributed by atoms with E-state index in [1.165, 1.54) is 4.57 Å². The van der Waals surface area contributed by atoms with Gasteiger partial charge in [0.1, 0.15) is 5.65 Å². The van der Waals surface area contributed by atoms with Crippen molar-refractivity contribution in [1.29, 1.82) is 0 Å². The molecule has 2 aromatic heterocycles. The van der Waals surface area contributed by atoms with E-state index in [1.54, 1.807) is 36.7 Å². The molecule has 4 aromatic rings. The summed E-state index contributed by atoms with van der Waals surface area (Å²) in [5, 5.41) is 6.44. The van der Waals surface area contributed by atoms with Crippen LogP contribution in [0.4, 0.5) is 21.9 Å². The van der Waals surface area contributed by atoms with Crippen LogP contribution in [0, 0.1) is 0 Å². The lowest BCUT2D eigenvalue weighted by Gasteiger charge is -2.13. The Morgan fingerprint density at radius 1 is 0.900 bits per heavy atom. The van der Waals surface area contributed by atoms with E-state index >= 15 is 0 Å². The van der Waals surface area contributed by atoms with Crippen molar-refractivity contribution in [1.82, 2.24) is 9.55 Å². The molecule has 0 atom stereocenters. The first-order valence-corrected chi connectivity index (χ1v) is 9.43. The smallest absolute Gasteiger partial charge is 0.323 e. The van der Waals surface area contributed by atoms with Crippen LogP contribution >= 0.6 is 0 Å². The maximum Gasteiger partial charge on any atom is 0.323 e. The van der Waals surface area contributed by atoms with E-state index in [0.29, 0.717) is 22.6 Å². The van der Waals surface area contributed by atoms with Gasteiger partial charge in [-0.2, -0.15) is 0 Å². The highest BCUT2D eigenvalue weighted by molar-refractivity contribution is 6.03. The van der Waals surface area contributed by atoms with Crippen LogP contribution in [0.5, 0.6) is 0 Å². The van der Waals surface area contributed by atoms with Crippen LogP contribution in [0.25, 0.3) is 11.0 Å². The van der Waals surface area contributed by atoms with Gasteiger partial charge in [0.25, 0.3) is 5.91 Å². The van der Waals surface area contributed by atoms with Gasteiger partial charge in [0.05, 0.1) is 0 Å². The molecule has 0 saturated carbocycles. The van der Waals surface area contributed by atoms with Crippen molar-refractivity contribution < 1.29 is 9.59 Å². The predicted octanol–water partition coefficient (Wildman–Crippen LogP) is 4.43. The van der Waals surface area contributed by atoms with Gasteiger partial charge in [0.2, 0.25) is 0 Å². The fourth-order valence-corrected chi connectivity index (χ4v) is 3.14. The highest BCUT2D eigenvalue weighted by Gasteiger charge is 2.13. The molecule has 2 amide bonds. The van der Waals surface area contributed by atoms with Gasteiger partial charge < -0.3 is 15.5 Å². The summed E-state index contributed by atoms with van der Waals surface area (Å²) in [5.74, 6) is -0.216. The van der Waals surface area contributed by atoms with E-state index < -0.39 is 0 Å². The number of pyridine rings is 1. The zero-order valence-electron chi connectivity index (χ0n) is 16.7. The minimum atomic E-state index is -0.384. The molecule has 2 N–H and O–H groups in total. The summed E-state index contributed by atoms with van der Waals surface area (Å²) in [6, 6.07) is 19.5. The molecule has 7 heteroatoms. The van der Waals surface area contributed by atoms with Gasteiger partial charge in [-0.1, -0.05) is 6.07 Å². The number of urea groups is 1. The average molecular weight is 399 g/mol. The van der Waals surface area contributed by atoms with E-state index in [9.17, 15) is 9.59 Å². The van der Waals surface area contributed by atoms with Crippen LogP contribution in [-0.2, 0) is 0 Å². The van der Waals surface area contributed by atoms with Crippen molar-refractivity contribution in [3.05, 3.63) is 84.7 Å². The Balaban J connectivity index is 1.48. The van der Waals surface area contributed by atoms with Gasteiger partial charge in [0.15, 0.2) is 0 Å². The third-order valence-electron chi connectivity index (χ3n) is 4.68. The molecule has 0 bridgehead atoms. The van der Waals surface area contributed by atoms with Crippen LogP contribution in [0.3, 0.4) is 0 Å². The van der Waals surface area contributed by atoms with Crippen molar-refractivity contribution in [2.45, 2.75) is 0 Å². The summed E-state index contributed by atoms with van der Waals surface area (Å²) in [6.07, 6.45) is 3.35. The van der Waals surface area contributed by atoms with Crippen LogP contribution in [0.2, 0.25) is 0 Å². The summed E-state index contributed by atoms with van der Waals surface area (Å²) in [7, 11) is 3.91. The van der Waals surface area contributed by atoms with Crippen molar-refractivity contribution in [3.8, 4) is 0 Å². The van der Waals surface area contributed by atoms with Crippen LogP contribution in [0.1, 0.15) is 10.4 Å². The first-order chi connectivity index (χ1) is 14.5. The number of carbonyl (C=O) groups is 2. The van der Waals surface area contributed by atoms with Crippen LogP contribution < -0.4 is 15.5 Å². The summed E-state index contributed by atoms with van der Waals surface area (Å²) >= 11 is 0. The number of benzene rings is 2. The average Bonchev–Trinajstić information content (AvgIpc) is 3.18. The number of nitrogens with zero attached hydrogens (tertiary/aromatic N) is 3. The molecule has 4 rings (SSSR count). The molecule has 150 valence electrons. The summed E-state index contributed by atoms with van der Waals surface area (Å²) in [6.45, 7) is 0. The molecule has 7 nitrogen and oxygen atoms in total. The predicted molar refractivity (Wildman–Crippen MR) is 119 cm³/mol. The highest BCUT2D eigenvalue weighted by Crippen LogP contribution is 2.18. The fourth-order valence-electron chi connectivity index (χ4n) is 3.14. The Hall–Kier alpha value is -4.13. The van der Waals surface area contributed by atoms with E-state index in [1.807, 2.05) is 61.5 Å². The molecule has 30 heavy (non-hydrogen) atoms. The Morgan fingerprint density at radius 2 is 1.67 bits per heavy atom. The normalized spacial score (nSPS) is 10.6. The quantitative estimate of drug-likeness (QED) is 0.532. The molecule has 0 saturated heterocycles. The number of nitrogens with one attached hydrogen (secondary N) is 2. The number of carbonyl (C=O) groups excluding carboxylic acids is 2. The molecule has 0 aliphatic heterocycles. The molecule has 0 spiro atoms. The number of aromatic nitrogens is 2. The van der Waals surface area contributed by atoms with Gasteiger partial charge in [-0.15, -0.1) is 0 Å². The Morgan fingerprint density at radius 3 is 2.43 bits per heavy atom. The molecule has 0 fully saturated rings. The largest absolute Gasteiger partial charge is 0.378 e. The number of anilines is 3. The molecule has 2 aromatic carbocycles. The second-order valence-corrected chi connectivity index (χ2v) is 7.01. The van der Waals surface area contributed by atoms with Crippen molar-refractivity contribution in [2.24, 2.45) is 0 Å². The van der Waals surface area contributed by atoms with Crippen molar-refractivity contribution in [3.63, 3.8) is 0 Å². The standard InChI is InChI=1S/C23H21N5O2/c1-27(2)20-10-8-18(9-11-20)25-23(30)26-19-7-3-5-17(15-19)22(29)28-14-12-16-6-4-13-24-21(16)28/h3-15H,1-2H3,(H2,25,26,30). The third-order valence-corrected chi connectivity index (χ3v) is 4.68. The van der Waals surface area contributed by atoms with Crippen LogP contribution in [0.15, 0.2) is 79.1 Å². The molecule has 0 aliphatic rings. The molecule has 0 radical (unpaired) electrons. The monoisotopic (exact) mass is 399 g/mol. The zero-order chi connectivity index (χ0) is 21.1. The molecule has 0 unspecified atom stereocenters. The maximum atomic E-state index is 12.9. The van der Waals surface area contributed by atoms with Gasteiger partial charge in [0, 0.05) is 54.5 Å². The minimum absolute atomic E-state index is 0.216. The maximum absolute atomic E-state index is 12.9. The second kappa shape index (κ2) is 8.08.